The van der Waals surface area contributed by atoms with Crippen molar-refractivity contribution in [2.24, 2.45) is 32.9 Å². The summed E-state index contributed by atoms with van der Waals surface area (Å²) in [6.45, 7) is 5.52. The molecule has 0 fully saturated rings. The second-order valence-electron chi connectivity index (χ2n) is 10.8. The minimum Gasteiger partial charge on any atom is -0.370 e. The molecule has 0 saturated carbocycles. The van der Waals surface area contributed by atoms with Gasteiger partial charge in [-0.15, -0.1) is 0 Å². The van der Waals surface area contributed by atoms with Crippen LogP contribution in [-0.2, 0) is 4.79 Å². The maximum absolute atomic E-state index is 13.0. The van der Waals surface area contributed by atoms with Gasteiger partial charge in [0.15, 0.2) is 11.9 Å². The molecule has 8 N–H and O–H groups in total. The third-order valence-corrected chi connectivity index (χ3v) is 7.11. The van der Waals surface area contributed by atoms with Gasteiger partial charge in [-0.05, 0) is 32.1 Å². The number of amides is 1. The quantitative estimate of drug-likeness (QED) is 0.0551. The highest BCUT2D eigenvalue weighted by Gasteiger charge is 2.12. The van der Waals surface area contributed by atoms with Crippen LogP contribution >= 0.6 is 0 Å². The second-order valence-corrected chi connectivity index (χ2v) is 10.8. The molecule has 0 rings (SSSR count). The summed E-state index contributed by atoms with van der Waals surface area (Å²) in [6, 6.07) is 0. The molecule has 0 aromatic rings. The molecule has 224 valence electrons. The van der Waals surface area contributed by atoms with E-state index in [0.717, 1.165) is 71.1 Å². The van der Waals surface area contributed by atoms with E-state index >= 15 is 0 Å². The molecule has 8 heteroatoms. The number of rotatable bonds is 28. The van der Waals surface area contributed by atoms with Crippen LogP contribution in [0.1, 0.15) is 148 Å². The smallest absolute Gasteiger partial charge is 0.222 e. The normalized spacial score (nSPS) is 10.9. The SMILES string of the molecule is CCCCCCCCCCCC(=O)N(CCCCCCCCN=C(N)N)CCCCCCCCN=C(N)N. The molecule has 0 spiro atoms. The summed E-state index contributed by atoms with van der Waals surface area (Å²) in [5.41, 5.74) is 21.5. The Morgan fingerprint density at radius 3 is 1.24 bits per heavy atom. The first-order chi connectivity index (χ1) is 18.5. The molecule has 0 bridgehead atoms. The van der Waals surface area contributed by atoms with Crippen molar-refractivity contribution in [3.63, 3.8) is 0 Å². The molecule has 0 aromatic carbocycles. The number of carbonyl (C=O) groups is 1. The number of unbranched alkanes of at least 4 members (excludes halogenated alkanes) is 18. The fourth-order valence-corrected chi connectivity index (χ4v) is 4.77. The van der Waals surface area contributed by atoms with Crippen molar-refractivity contribution in [3.8, 4) is 0 Å². The Labute approximate surface area is 234 Å². The number of hydrogen-bond acceptors (Lipinski definition) is 3. The molecule has 0 saturated heterocycles. The fourth-order valence-electron chi connectivity index (χ4n) is 4.77. The van der Waals surface area contributed by atoms with Gasteiger partial charge in [0.2, 0.25) is 5.91 Å². The van der Waals surface area contributed by atoms with Crippen molar-refractivity contribution in [1.82, 2.24) is 4.90 Å². The summed E-state index contributed by atoms with van der Waals surface area (Å²) in [5.74, 6) is 0.724. The van der Waals surface area contributed by atoms with Crippen LogP contribution in [0.25, 0.3) is 0 Å². The number of carbonyl (C=O) groups excluding carboxylic acids is 1. The molecule has 0 aromatic heterocycles. The average molecular weight is 538 g/mol. The summed E-state index contributed by atoms with van der Waals surface area (Å²) >= 11 is 0. The molecule has 0 atom stereocenters. The van der Waals surface area contributed by atoms with Crippen molar-refractivity contribution in [3.05, 3.63) is 0 Å². The summed E-state index contributed by atoms with van der Waals surface area (Å²) in [6.07, 6.45) is 26.1. The molecule has 1 amide bonds. The lowest BCUT2D eigenvalue weighted by Gasteiger charge is -2.23. The molecule has 0 heterocycles. The molecule has 0 aliphatic rings. The molecule has 38 heavy (non-hydrogen) atoms. The highest BCUT2D eigenvalue weighted by Crippen LogP contribution is 2.14. The molecule has 0 unspecified atom stereocenters. The topological polar surface area (TPSA) is 149 Å². The van der Waals surface area contributed by atoms with Crippen molar-refractivity contribution in [2.45, 2.75) is 148 Å². The monoisotopic (exact) mass is 538 g/mol. The molecule has 0 aliphatic carbocycles. The number of aliphatic imine (C=N–C) groups is 2. The van der Waals surface area contributed by atoms with E-state index in [9.17, 15) is 4.79 Å². The lowest BCUT2D eigenvalue weighted by Crippen LogP contribution is -2.32. The summed E-state index contributed by atoms with van der Waals surface area (Å²) in [5, 5.41) is 0. The van der Waals surface area contributed by atoms with Gasteiger partial charge in [-0.3, -0.25) is 14.8 Å². The first-order valence-corrected chi connectivity index (χ1v) is 15.9. The maximum Gasteiger partial charge on any atom is 0.222 e. The fraction of sp³-hybridized carbons (Fsp3) is 0.900. The van der Waals surface area contributed by atoms with Crippen LogP contribution in [0, 0.1) is 0 Å². The minimum absolute atomic E-state index is 0.181. The maximum atomic E-state index is 13.0. The van der Waals surface area contributed by atoms with E-state index in [-0.39, 0.29) is 11.9 Å². The van der Waals surface area contributed by atoms with Crippen molar-refractivity contribution < 1.29 is 4.79 Å². The largest absolute Gasteiger partial charge is 0.370 e. The summed E-state index contributed by atoms with van der Waals surface area (Å²) in [4.78, 5) is 23.2. The van der Waals surface area contributed by atoms with Gasteiger partial charge < -0.3 is 27.8 Å². The molecule has 8 nitrogen and oxygen atoms in total. The molecule has 0 aliphatic heterocycles. The van der Waals surface area contributed by atoms with Gasteiger partial charge in [0.05, 0.1) is 0 Å². The Hall–Kier alpha value is -1.99. The Morgan fingerprint density at radius 1 is 0.500 bits per heavy atom. The summed E-state index contributed by atoms with van der Waals surface area (Å²) < 4.78 is 0. The van der Waals surface area contributed by atoms with E-state index in [1.165, 1.54) is 89.9 Å². The third kappa shape index (κ3) is 27.1. The van der Waals surface area contributed by atoms with Gasteiger partial charge in [0.25, 0.3) is 0 Å². The molecular weight excluding hydrogens is 474 g/mol. The van der Waals surface area contributed by atoms with Crippen LogP contribution < -0.4 is 22.9 Å². The second kappa shape index (κ2) is 28.0. The van der Waals surface area contributed by atoms with E-state index in [0.29, 0.717) is 12.3 Å². The number of hydrogen-bond donors (Lipinski definition) is 4. The molecular formula is C30H63N7O. The van der Waals surface area contributed by atoms with Crippen LogP contribution in [0.2, 0.25) is 0 Å². The van der Waals surface area contributed by atoms with Crippen LogP contribution in [0.4, 0.5) is 0 Å². The highest BCUT2D eigenvalue weighted by molar-refractivity contribution is 5.76. The lowest BCUT2D eigenvalue weighted by atomic mass is 10.1. The van der Waals surface area contributed by atoms with E-state index < -0.39 is 0 Å². The van der Waals surface area contributed by atoms with Gasteiger partial charge >= 0.3 is 0 Å². The Kier molecular flexibility index (Phi) is 26.6. The predicted molar refractivity (Wildman–Crippen MR) is 165 cm³/mol. The average Bonchev–Trinajstić information content (AvgIpc) is 2.88. The zero-order valence-corrected chi connectivity index (χ0v) is 24.9. The van der Waals surface area contributed by atoms with E-state index in [4.69, 9.17) is 22.9 Å². The Morgan fingerprint density at radius 2 is 0.842 bits per heavy atom. The minimum atomic E-state index is 0.181. The zero-order valence-electron chi connectivity index (χ0n) is 24.9. The molecule has 0 radical (unpaired) electrons. The number of nitrogens with two attached hydrogens (primary N) is 4. The van der Waals surface area contributed by atoms with E-state index in [1.807, 2.05) is 0 Å². The van der Waals surface area contributed by atoms with Crippen LogP contribution in [0.15, 0.2) is 9.98 Å². The predicted octanol–water partition coefficient (Wildman–Crippen LogP) is 5.96. The standard InChI is InChI=1S/C30H63N7O/c1-2-3-4-5-6-7-8-13-18-23-28(38)37(26-21-16-11-9-14-19-24-35-29(31)32)27-22-17-12-10-15-20-25-36-30(33)34/h2-27H2,1H3,(H4,31,32,35)(H4,33,34,36). The van der Waals surface area contributed by atoms with Gasteiger partial charge in [0, 0.05) is 32.6 Å². The van der Waals surface area contributed by atoms with Crippen LogP contribution in [0.3, 0.4) is 0 Å². The van der Waals surface area contributed by atoms with Gasteiger partial charge in [-0.1, -0.05) is 110 Å². The zero-order chi connectivity index (χ0) is 28.1. The number of nitrogens with zero attached hydrogens (tertiary/aromatic N) is 3. The van der Waals surface area contributed by atoms with E-state index in [1.54, 1.807) is 0 Å². The third-order valence-electron chi connectivity index (χ3n) is 7.11. The van der Waals surface area contributed by atoms with Crippen molar-refractivity contribution in [2.75, 3.05) is 26.2 Å². The Bertz CT molecular complexity index is 553. The van der Waals surface area contributed by atoms with Crippen LogP contribution in [0.5, 0.6) is 0 Å². The van der Waals surface area contributed by atoms with Gasteiger partial charge in [0.1, 0.15) is 0 Å². The van der Waals surface area contributed by atoms with Gasteiger partial charge in [-0.2, -0.15) is 0 Å². The van der Waals surface area contributed by atoms with Crippen molar-refractivity contribution in [1.29, 1.82) is 0 Å². The lowest BCUT2D eigenvalue weighted by molar-refractivity contribution is -0.131. The first-order valence-electron chi connectivity index (χ1n) is 15.9. The van der Waals surface area contributed by atoms with E-state index in [2.05, 4.69) is 21.8 Å². The highest BCUT2D eigenvalue weighted by atomic mass is 16.2. The van der Waals surface area contributed by atoms with Crippen molar-refractivity contribution >= 4 is 17.8 Å². The van der Waals surface area contributed by atoms with Crippen LogP contribution in [-0.4, -0.2) is 48.9 Å². The Balaban J connectivity index is 4.14. The van der Waals surface area contributed by atoms with Gasteiger partial charge in [-0.25, -0.2) is 0 Å². The number of guanidine groups is 2. The first kappa shape index (κ1) is 36.0. The summed E-state index contributed by atoms with van der Waals surface area (Å²) in [7, 11) is 0.